The van der Waals surface area contributed by atoms with Crippen molar-refractivity contribution in [2.75, 3.05) is 16.8 Å². The fourth-order valence-electron chi connectivity index (χ4n) is 2.96. The lowest BCUT2D eigenvalue weighted by Gasteiger charge is -2.21. The Labute approximate surface area is 169 Å². The fourth-order valence-corrected chi connectivity index (χ4v) is 5.84. The van der Waals surface area contributed by atoms with Gasteiger partial charge in [0, 0.05) is 24.1 Å². The second-order valence-corrected chi connectivity index (χ2v) is 9.30. The summed E-state index contributed by atoms with van der Waals surface area (Å²) >= 11 is 3.93. The second kappa shape index (κ2) is 10.00. The molecule has 3 rings (SSSR count). The number of carbonyl (C=O) groups excluding carboxylic acids is 2. The summed E-state index contributed by atoms with van der Waals surface area (Å²) in [6.45, 7) is 2.09. The van der Waals surface area contributed by atoms with E-state index in [0.717, 1.165) is 12.1 Å². The van der Waals surface area contributed by atoms with Crippen molar-refractivity contribution in [2.24, 2.45) is 0 Å². The number of amides is 1. The van der Waals surface area contributed by atoms with Crippen molar-refractivity contribution in [1.29, 1.82) is 0 Å². The predicted octanol–water partition coefficient (Wildman–Crippen LogP) is 5.72. The Balaban J connectivity index is 1.52. The van der Waals surface area contributed by atoms with E-state index < -0.39 is 0 Å². The van der Waals surface area contributed by atoms with E-state index in [9.17, 15) is 9.59 Å². The maximum atomic E-state index is 12.3. The molecule has 0 aromatic heterocycles. The van der Waals surface area contributed by atoms with Crippen LogP contribution in [0.1, 0.15) is 52.3 Å². The van der Waals surface area contributed by atoms with Gasteiger partial charge in [0.2, 0.25) is 5.91 Å². The lowest BCUT2D eigenvalue weighted by molar-refractivity contribution is -0.116. The molecular formula is C22H25NO2S2. The summed E-state index contributed by atoms with van der Waals surface area (Å²) in [4.78, 5) is 24.5. The molecule has 1 aliphatic heterocycles. The first kappa shape index (κ1) is 20.0. The molecule has 0 spiro atoms. The third-order valence-corrected chi connectivity index (χ3v) is 7.55. The van der Waals surface area contributed by atoms with Gasteiger partial charge >= 0.3 is 0 Å². The summed E-state index contributed by atoms with van der Waals surface area (Å²) in [5.74, 6) is 2.27. The zero-order valence-corrected chi connectivity index (χ0v) is 17.2. The predicted molar refractivity (Wildman–Crippen MR) is 117 cm³/mol. The van der Waals surface area contributed by atoms with E-state index in [0.29, 0.717) is 10.1 Å². The molecule has 0 saturated carbocycles. The summed E-state index contributed by atoms with van der Waals surface area (Å²) in [6.07, 6.45) is 2.64. The zero-order valence-electron chi connectivity index (χ0n) is 15.6. The number of Topliss-reactive ketones (excluding diaryl/α,β-unsaturated/α-hetero) is 1. The normalized spacial score (nSPS) is 14.7. The Hall–Kier alpha value is -1.72. The Kier molecular flexibility index (Phi) is 7.41. The van der Waals surface area contributed by atoms with E-state index in [4.69, 9.17) is 0 Å². The van der Waals surface area contributed by atoms with E-state index in [-0.39, 0.29) is 24.5 Å². The quantitative estimate of drug-likeness (QED) is 0.605. The summed E-state index contributed by atoms with van der Waals surface area (Å²) in [7, 11) is 0. The standard InChI is InChI=1S/C22H25NO2S2/c1-2-16-7-9-17(10-8-16)20(24)11-12-21(25)23-19-6-3-5-18(15-19)22-26-13-4-14-27-22/h3,5-10,15,22H,2,4,11-14H2,1H3,(H,23,25). The summed E-state index contributed by atoms with van der Waals surface area (Å²) in [6, 6.07) is 15.7. The number of benzene rings is 2. The van der Waals surface area contributed by atoms with Crippen LogP contribution in [-0.4, -0.2) is 23.2 Å². The van der Waals surface area contributed by atoms with Gasteiger partial charge in [0.1, 0.15) is 0 Å². The summed E-state index contributed by atoms with van der Waals surface area (Å²) in [5, 5.41) is 2.94. The largest absolute Gasteiger partial charge is 0.326 e. The van der Waals surface area contributed by atoms with Gasteiger partial charge in [0.15, 0.2) is 5.78 Å². The molecule has 5 heteroatoms. The van der Waals surface area contributed by atoms with Gasteiger partial charge in [0.25, 0.3) is 0 Å². The molecular weight excluding hydrogens is 374 g/mol. The smallest absolute Gasteiger partial charge is 0.224 e. The lowest BCUT2D eigenvalue weighted by atomic mass is 10.0. The molecule has 1 fully saturated rings. The van der Waals surface area contributed by atoms with Crippen LogP contribution in [0.4, 0.5) is 5.69 Å². The molecule has 1 saturated heterocycles. The highest BCUT2D eigenvalue weighted by atomic mass is 32.2. The molecule has 0 bridgehead atoms. The Morgan fingerprint density at radius 3 is 2.48 bits per heavy atom. The SMILES string of the molecule is CCc1ccc(C(=O)CCC(=O)Nc2cccc(C3SCCCS3)c2)cc1. The number of nitrogens with one attached hydrogen (secondary N) is 1. The monoisotopic (exact) mass is 399 g/mol. The highest BCUT2D eigenvalue weighted by Crippen LogP contribution is 2.44. The molecule has 0 unspecified atom stereocenters. The van der Waals surface area contributed by atoms with Crippen molar-refractivity contribution in [2.45, 2.75) is 37.2 Å². The molecule has 1 aliphatic rings. The molecule has 2 aromatic carbocycles. The molecule has 1 heterocycles. The van der Waals surface area contributed by atoms with Crippen LogP contribution in [0, 0.1) is 0 Å². The van der Waals surface area contributed by atoms with Gasteiger partial charge < -0.3 is 5.32 Å². The van der Waals surface area contributed by atoms with Gasteiger partial charge in [-0.15, -0.1) is 23.5 Å². The molecule has 0 radical (unpaired) electrons. The maximum Gasteiger partial charge on any atom is 0.224 e. The number of ketones is 1. The first-order valence-electron chi connectivity index (χ1n) is 9.41. The first-order chi connectivity index (χ1) is 13.2. The van der Waals surface area contributed by atoms with E-state index in [1.54, 1.807) is 0 Å². The number of thioether (sulfide) groups is 2. The van der Waals surface area contributed by atoms with Crippen LogP contribution in [0.5, 0.6) is 0 Å². The van der Waals surface area contributed by atoms with Gasteiger partial charge in [0.05, 0.1) is 4.58 Å². The molecule has 0 aliphatic carbocycles. The fraction of sp³-hybridized carbons (Fsp3) is 0.364. The van der Waals surface area contributed by atoms with Crippen LogP contribution in [0.3, 0.4) is 0 Å². The molecule has 1 N–H and O–H groups in total. The average molecular weight is 400 g/mol. The molecule has 3 nitrogen and oxygen atoms in total. The van der Waals surface area contributed by atoms with Gasteiger partial charge in [-0.25, -0.2) is 0 Å². The van der Waals surface area contributed by atoms with Crippen molar-refractivity contribution >= 4 is 40.9 Å². The highest BCUT2D eigenvalue weighted by molar-refractivity contribution is 8.16. The number of carbonyl (C=O) groups is 2. The molecule has 142 valence electrons. The molecule has 0 atom stereocenters. The van der Waals surface area contributed by atoms with Gasteiger partial charge in [-0.1, -0.05) is 43.3 Å². The Morgan fingerprint density at radius 2 is 1.78 bits per heavy atom. The minimum atomic E-state index is -0.116. The minimum Gasteiger partial charge on any atom is -0.326 e. The first-order valence-corrected chi connectivity index (χ1v) is 11.5. The average Bonchev–Trinajstić information content (AvgIpc) is 2.73. The van der Waals surface area contributed by atoms with E-state index in [1.807, 2.05) is 59.9 Å². The Morgan fingerprint density at radius 1 is 1.04 bits per heavy atom. The summed E-state index contributed by atoms with van der Waals surface area (Å²) in [5.41, 5.74) is 3.94. The third kappa shape index (κ3) is 5.88. The lowest BCUT2D eigenvalue weighted by Crippen LogP contribution is -2.14. The van der Waals surface area contributed by atoms with E-state index in [1.165, 1.54) is 29.1 Å². The van der Waals surface area contributed by atoms with Crippen LogP contribution >= 0.6 is 23.5 Å². The maximum absolute atomic E-state index is 12.3. The number of rotatable bonds is 7. The number of hydrogen-bond acceptors (Lipinski definition) is 4. The van der Waals surface area contributed by atoms with E-state index in [2.05, 4.69) is 24.4 Å². The Bertz CT molecular complexity index is 783. The van der Waals surface area contributed by atoms with Crippen molar-refractivity contribution < 1.29 is 9.59 Å². The van der Waals surface area contributed by atoms with Crippen LogP contribution in [-0.2, 0) is 11.2 Å². The third-order valence-electron chi connectivity index (χ3n) is 4.53. The number of hydrogen-bond donors (Lipinski definition) is 1. The van der Waals surface area contributed by atoms with Crippen molar-refractivity contribution in [3.05, 3.63) is 65.2 Å². The van der Waals surface area contributed by atoms with Gasteiger partial charge in [-0.05, 0) is 47.6 Å². The second-order valence-electron chi connectivity index (χ2n) is 6.57. The minimum absolute atomic E-state index is 0.0107. The molecule has 27 heavy (non-hydrogen) atoms. The van der Waals surface area contributed by atoms with Crippen LogP contribution < -0.4 is 5.32 Å². The van der Waals surface area contributed by atoms with Crippen LogP contribution in [0.25, 0.3) is 0 Å². The van der Waals surface area contributed by atoms with Crippen LogP contribution in [0.2, 0.25) is 0 Å². The van der Waals surface area contributed by atoms with Crippen LogP contribution in [0.15, 0.2) is 48.5 Å². The van der Waals surface area contributed by atoms with Crippen molar-refractivity contribution in [3.8, 4) is 0 Å². The highest BCUT2D eigenvalue weighted by Gasteiger charge is 2.17. The van der Waals surface area contributed by atoms with Crippen molar-refractivity contribution in [3.63, 3.8) is 0 Å². The van der Waals surface area contributed by atoms with Gasteiger partial charge in [-0.3, -0.25) is 9.59 Å². The molecule has 2 aromatic rings. The van der Waals surface area contributed by atoms with E-state index >= 15 is 0 Å². The summed E-state index contributed by atoms with van der Waals surface area (Å²) < 4.78 is 0.447. The number of aryl methyl sites for hydroxylation is 1. The number of anilines is 1. The topological polar surface area (TPSA) is 46.2 Å². The van der Waals surface area contributed by atoms with Crippen molar-refractivity contribution in [1.82, 2.24) is 0 Å². The van der Waals surface area contributed by atoms with Gasteiger partial charge in [-0.2, -0.15) is 0 Å². The molecule has 1 amide bonds. The zero-order chi connectivity index (χ0) is 19.1.